The number of nitrogens with zero attached hydrogens (tertiary/aromatic N) is 3. The Morgan fingerprint density at radius 1 is 1.08 bits per heavy atom. The third-order valence-electron chi connectivity index (χ3n) is 4.42. The molecule has 0 unspecified atom stereocenters. The van der Waals surface area contributed by atoms with Crippen LogP contribution in [0.15, 0.2) is 12.1 Å². The summed E-state index contributed by atoms with van der Waals surface area (Å²) in [6.07, 6.45) is 0. The number of benzene rings is 1. The summed E-state index contributed by atoms with van der Waals surface area (Å²) >= 11 is 5.43. The molecular weight excluding hydrogens is 356 g/mol. The number of H-pyrrole nitrogens is 1. The van der Waals surface area contributed by atoms with Crippen LogP contribution in [0.1, 0.15) is 0 Å². The zero-order valence-corrected chi connectivity index (χ0v) is 16.1. The number of ether oxygens (including phenoxy) is 4. The predicted octanol–water partition coefficient (Wildman–Crippen LogP) is 1.97. The molecule has 1 fully saturated rings. The van der Waals surface area contributed by atoms with Gasteiger partial charge >= 0.3 is 0 Å². The van der Waals surface area contributed by atoms with E-state index in [4.69, 9.17) is 31.2 Å². The van der Waals surface area contributed by atoms with Gasteiger partial charge < -0.3 is 18.9 Å². The van der Waals surface area contributed by atoms with Gasteiger partial charge in [-0.25, -0.2) is 0 Å². The quantitative estimate of drug-likeness (QED) is 0.736. The van der Waals surface area contributed by atoms with Crippen molar-refractivity contribution in [2.45, 2.75) is 6.54 Å². The van der Waals surface area contributed by atoms with Crippen LogP contribution >= 0.6 is 12.2 Å². The Kier molecular flexibility index (Phi) is 6.12. The number of nitrogens with one attached hydrogen (secondary N) is 1. The Labute approximate surface area is 157 Å². The first kappa shape index (κ1) is 18.7. The summed E-state index contributed by atoms with van der Waals surface area (Å²) in [5.41, 5.74) is 0.842. The SMILES string of the molecule is COc1cc(-c2n[nH]c(=S)n2CCN2CCOCC2)cc(OC)c1OC. The van der Waals surface area contributed by atoms with E-state index in [1.165, 1.54) is 0 Å². The zero-order chi connectivity index (χ0) is 18.5. The van der Waals surface area contributed by atoms with Gasteiger partial charge in [-0.3, -0.25) is 14.6 Å². The highest BCUT2D eigenvalue weighted by atomic mass is 32.1. The van der Waals surface area contributed by atoms with E-state index in [-0.39, 0.29) is 0 Å². The summed E-state index contributed by atoms with van der Waals surface area (Å²) in [4.78, 5) is 2.36. The van der Waals surface area contributed by atoms with Crippen molar-refractivity contribution in [1.82, 2.24) is 19.7 Å². The maximum atomic E-state index is 5.44. The lowest BCUT2D eigenvalue weighted by Gasteiger charge is -2.26. The monoisotopic (exact) mass is 380 g/mol. The molecule has 1 aliphatic heterocycles. The zero-order valence-electron chi connectivity index (χ0n) is 15.3. The Morgan fingerprint density at radius 2 is 1.73 bits per heavy atom. The minimum atomic E-state index is 0.549. The maximum absolute atomic E-state index is 5.44. The number of methoxy groups -OCH3 is 3. The summed E-state index contributed by atoms with van der Waals surface area (Å²) in [6.45, 7) is 5.04. The lowest BCUT2D eigenvalue weighted by Crippen LogP contribution is -2.38. The molecule has 142 valence electrons. The van der Waals surface area contributed by atoms with Crippen molar-refractivity contribution in [2.75, 3.05) is 54.2 Å². The molecule has 1 saturated heterocycles. The second-order valence-electron chi connectivity index (χ2n) is 5.87. The van der Waals surface area contributed by atoms with Crippen molar-refractivity contribution in [3.8, 4) is 28.6 Å². The number of aromatic nitrogens is 3. The van der Waals surface area contributed by atoms with E-state index in [0.29, 0.717) is 22.0 Å². The molecule has 9 heteroatoms. The van der Waals surface area contributed by atoms with Gasteiger partial charge in [0, 0.05) is 31.7 Å². The first-order valence-corrected chi connectivity index (χ1v) is 8.84. The molecule has 0 spiro atoms. The van der Waals surface area contributed by atoms with E-state index in [1.54, 1.807) is 21.3 Å². The number of hydrogen-bond donors (Lipinski definition) is 1. The largest absolute Gasteiger partial charge is 0.493 e. The highest BCUT2D eigenvalue weighted by Gasteiger charge is 2.18. The lowest BCUT2D eigenvalue weighted by molar-refractivity contribution is 0.0364. The average molecular weight is 380 g/mol. The van der Waals surface area contributed by atoms with Gasteiger partial charge in [-0.05, 0) is 24.4 Å². The Hall–Kier alpha value is -2.10. The molecule has 1 aromatic heterocycles. The molecular formula is C17H24N4O4S. The Morgan fingerprint density at radius 3 is 2.31 bits per heavy atom. The number of rotatable bonds is 7. The van der Waals surface area contributed by atoms with Crippen LogP contribution in [0.2, 0.25) is 0 Å². The minimum Gasteiger partial charge on any atom is -0.493 e. The fourth-order valence-electron chi connectivity index (χ4n) is 3.02. The first-order valence-electron chi connectivity index (χ1n) is 8.43. The summed E-state index contributed by atoms with van der Waals surface area (Å²) < 4.78 is 24.2. The van der Waals surface area contributed by atoms with Crippen LogP contribution in [-0.2, 0) is 11.3 Å². The molecule has 1 aliphatic rings. The third-order valence-corrected chi connectivity index (χ3v) is 4.74. The number of hydrogen-bond acceptors (Lipinski definition) is 7. The smallest absolute Gasteiger partial charge is 0.203 e. The van der Waals surface area contributed by atoms with Crippen LogP contribution in [-0.4, -0.2) is 73.8 Å². The molecule has 8 nitrogen and oxygen atoms in total. The van der Waals surface area contributed by atoms with Gasteiger partial charge in [-0.1, -0.05) is 0 Å². The summed E-state index contributed by atoms with van der Waals surface area (Å²) in [7, 11) is 4.77. The molecule has 1 N–H and O–H groups in total. The molecule has 0 saturated carbocycles. The molecule has 0 radical (unpaired) electrons. The molecule has 2 heterocycles. The van der Waals surface area contributed by atoms with E-state index in [1.807, 2.05) is 16.7 Å². The van der Waals surface area contributed by atoms with E-state index in [2.05, 4.69) is 15.1 Å². The van der Waals surface area contributed by atoms with Crippen molar-refractivity contribution in [1.29, 1.82) is 0 Å². The molecule has 1 aromatic carbocycles. The van der Waals surface area contributed by atoms with E-state index >= 15 is 0 Å². The van der Waals surface area contributed by atoms with Gasteiger partial charge in [0.2, 0.25) is 5.75 Å². The van der Waals surface area contributed by atoms with Crippen LogP contribution < -0.4 is 14.2 Å². The Balaban J connectivity index is 1.91. The maximum Gasteiger partial charge on any atom is 0.203 e. The van der Waals surface area contributed by atoms with Crippen LogP contribution in [0.25, 0.3) is 11.4 Å². The van der Waals surface area contributed by atoms with Gasteiger partial charge in [0.25, 0.3) is 0 Å². The van der Waals surface area contributed by atoms with Crippen molar-refractivity contribution >= 4 is 12.2 Å². The van der Waals surface area contributed by atoms with E-state index in [9.17, 15) is 0 Å². The summed E-state index contributed by atoms with van der Waals surface area (Å²) in [5, 5.41) is 7.29. The van der Waals surface area contributed by atoms with Gasteiger partial charge in [-0.2, -0.15) is 5.10 Å². The number of aromatic amines is 1. The van der Waals surface area contributed by atoms with Crippen LogP contribution in [0.3, 0.4) is 0 Å². The standard InChI is InChI=1S/C17H24N4O4S/c1-22-13-10-12(11-14(23-2)15(13)24-3)16-18-19-17(26)21(16)5-4-20-6-8-25-9-7-20/h10-11H,4-9H2,1-3H3,(H,19,26). The molecule has 0 bridgehead atoms. The third kappa shape index (κ3) is 3.84. The van der Waals surface area contributed by atoms with Gasteiger partial charge in [0.05, 0.1) is 34.5 Å². The molecule has 3 rings (SSSR count). The normalized spacial score (nSPS) is 15.0. The van der Waals surface area contributed by atoms with Crippen molar-refractivity contribution in [3.05, 3.63) is 16.9 Å². The van der Waals surface area contributed by atoms with Crippen LogP contribution in [0, 0.1) is 4.77 Å². The lowest BCUT2D eigenvalue weighted by atomic mass is 10.1. The van der Waals surface area contributed by atoms with E-state index in [0.717, 1.165) is 50.8 Å². The van der Waals surface area contributed by atoms with Crippen LogP contribution in [0.4, 0.5) is 0 Å². The first-order chi connectivity index (χ1) is 12.7. The second kappa shape index (κ2) is 8.52. The summed E-state index contributed by atoms with van der Waals surface area (Å²) in [5.74, 6) is 2.45. The topological polar surface area (TPSA) is 73.8 Å². The highest BCUT2D eigenvalue weighted by Crippen LogP contribution is 2.40. The van der Waals surface area contributed by atoms with Gasteiger partial charge in [0.1, 0.15) is 0 Å². The fourth-order valence-corrected chi connectivity index (χ4v) is 3.25. The van der Waals surface area contributed by atoms with Crippen molar-refractivity contribution in [2.24, 2.45) is 0 Å². The van der Waals surface area contributed by atoms with Gasteiger partial charge in [0.15, 0.2) is 22.1 Å². The minimum absolute atomic E-state index is 0.549. The van der Waals surface area contributed by atoms with E-state index < -0.39 is 0 Å². The van der Waals surface area contributed by atoms with Crippen LogP contribution in [0.5, 0.6) is 17.2 Å². The molecule has 0 aliphatic carbocycles. The Bertz CT molecular complexity index is 773. The van der Waals surface area contributed by atoms with Crippen molar-refractivity contribution in [3.63, 3.8) is 0 Å². The summed E-state index contributed by atoms with van der Waals surface area (Å²) in [6, 6.07) is 3.75. The van der Waals surface area contributed by atoms with Gasteiger partial charge in [-0.15, -0.1) is 0 Å². The molecule has 0 amide bonds. The predicted molar refractivity (Wildman–Crippen MR) is 99.8 cm³/mol. The van der Waals surface area contributed by atoms with Crippen molar-refractivity contribution < 1.29 is 18.9 Å². The molecule has 2 aromatic rings. The second-order valence-corrected chi connectivity index (χ2v) is 6.26. The molecule has 0 atom stereocenters. The number of morpholine rings is 1. The average Bonchev–Trinajstić information content (AvgIpc) is 3.06. The highest BCUT2D eigenvalue weighted by molar-refractivity contribution is 7.71. The fraction of sp³-hybridized carbons (Fsp3) is 0.529. The molecule has 26 heavy (non-hydrogen) atoms.